The molecule has 0 N–H and O–H groups in total. The summed E-state index contributed by atoms with van der Waals surface area (Å²) < 4.78 is 5.70. The van der Waals surface area contributed by atoms with Gasteiger partial charge in [0.25, 0.3) is 0 Å². The molecule has 3 nitrogen and oxygen atoms in total. The molecular weight excluding hydrogens is 286 g/mol. The first-order valence-corrected chi connectivity index (χ1v) is 8.29. The summed E-state index contributed by atoms with van der Waals surface area (Å²) in [7, 11) is 2.15. The molecular formula is C20H29NO2. The van der Waals surface area contributed by atoms with E-state index in [1.807, 2.05) is 37.3 Å². The van der Waals surface area contributed by atoms with Gasteiger partial charge in [0, 0.05) is 30.0 Å². The lowest BCUT2D eigenvalue weighted by Crippen LogP contribution is -2.60. The molecule has 23 heavy (non-hydrogen) atoms. The Balaban J connectivity index is 1.98. The molecule has 0 bridgehead atoms. The Bertz CT molecular complexity index is 566. The second-order valence-corrected chi connectivity index (χ2v) is 7.90. The Kier molecular flexibility index (Phi) is 5.00. The SMILES string of the molecule is Cc1ccc(C=CC(=O)OC2CC(C)(C)N(C)C(C)(C)C2)cc1. The first kappa shape index (κ1) is 17.7. The molecule has 0 aromatic heterocycles. The highest BCUT2D eigenvalue weighted by Crippen LogP contribution is 2.38. The van der Waals surface area contributed by atoms with Crippen molar-refractivity contribution in [1.82, 2.24) is 4.90 Å². The van der Waals surface area contributed by atoms with Gasteiger partial charge >= 0.3 is 5.97 Å². The normalized spacial score (nSPS) is 21.5. The van der Waals surface area contributed by atoms with E-state index in [4.69, 9.17) is 4.74 Å². The number of benzene rings is 1. The van der Waals surface area contributed by atoms with E-state index in [-0.39, 0.29) is 23.2 Å². The lowest BCUT2D eigenvalue weighted by atomic mass is 9.79. The average Bonchev–Trinajstić information content (AvgIpc) is 2.43. The van der Waals surface area contributed by atoms with Crippen molar-refractivity contribution in [3.8, 4) is 0 Å². The van der Waals surface area contributed by atoms with Crippen LogP contribution in [0.5, 0.6) is 0 Å². The van der Waals surface area contributed by atoms with Crippen molar-refractivity contribution in [3.05, 3.63) is 41.5 Å². The van der Waals surface area contributed by atoms with Gasteiger partial charge in [-0.3, -0.25) is 4.90 Å². The predicted octanol–water partition coefficient (Wildman–Crippen LogP) is 4.20. The average molecular weight is 315 g/mol. The molecule has 1 heterocycles. The molecule has 0 spiro atoms. The lowest BCUT2D eigenvalue weighted by molar-refractivity contribution is -0.152. The number of piperidine rings is 1. The van der Waals surface area contributed by atoms with Crippen LogP contribution in [0.25, 0.3) is 6.08 Å². The van der Waals surface area contributed by atoms with Crippen LogP contribution >= 0.6 is 0 Å². The first-order chi connectivity index (χ1) is 10.6. The highest BCUT2D eigenvalue weighted by atomic mass is 16.5. The van der Waals surface area contributed by atoms with Crippen LogP contribution in [0.1, 0.15) is 51.7 Å². The van der Waals surface area contributed by atoms with E-state index >= 15 is 0 Å². The molecule has 0 atom stereocenters. The second-order valence-electron chi connectivity index (χ2n) is 7.90. The van der Waals surface area contributed by atoms with Crippen LogP contribution in [0.15, 0.2) is 30.3 Å². The maximum absolute atomic E-state index is 12.1. The van der Waals surface area contributed by atoms with Crippen molar-refractivity contribution in [3.63, 3.8) is 0 Å². The topological polar surface area (TPSA) is 29.5 Å². The van der Waals surface area contributed by atoms with Crippen LogP contribution in [-0.4, -0.2) is 35.1 Å². The first-order valence-electron chi connectivity index (χ1n) is 8.29. The van der Waals surface area contributed by atoms with Gasteiger partial charge in [0.1, 0.15) is 6.10 Å². The molecule has 1 aromatic carbocycles. The number of carbonyl (C=O) groups excluding carboxylic acids is 1. The molecule has 0 amide bonds. The zero-order valence-electron chi connectivity index (χ0n) is 15.2. The Morgan fingerprint density at radius 1 is 1.13 bits per heavy atom. The number of esters is 1. The van der Waals surface area contributed by atoms with Crippen molar-refractivity contribution >= 4 is 12.0 Å². The standard InChI is InChI=1S/C20H29NO2/c1-15-7-9-16(10-8-15)11-12-18(22)23-17-13-19(2,3)21(6)20(4,5)14-17/h7-12,17H,13-14H2,1-6H3. The molecule has 1 fully saturated rings. The number of rotatable bonds is 3. The van der Waals surface area contributed by atoms with E-state index < -0.39 is 0 Å². The van der Waals surface area contributed by atoms with E-state index in [1.165, 1.54) is 11.6 Å². The smallest absolute Gasteiger partial charge is 0.331 e. The molecule has 1 aliphatic rings. The van der Waals surface area contributed by atoms with Crippen molar-refractivity contribution in [2.75, 3.05) is 7.05 Å². The fraction of sp³-hybridized carbons (Fsp3) is 0.550. The van der Waals surface area contributed by atoms with E-state index in [0.717, 1.165) is 18.4 Å². The molecule has 0 aliphatic carbocycles. The lowest BCUT2D eigenvalue weighted by Gasteiger charge is -2.53. The minimum Gasteiger partial charge on any atom is -0.459 e. The van der Waals surface area contributed by atoms with Gasteiger partial charge in [-0.15, -0.1) is 0 Å². The molecule has 3 heteroatoms. The van der Waals surface area contributed by atoms with Crippen LogP contribution < -0.4 is 0 Å². The monoisotopic (exact) mass is 315 g/mol. The molecule has 0 radical (unpaired) electrons. The van der Waals surface area contributed by atoms with Crippen molar-refractivity contribution in [1.29, 1.82) is 0 Å². The largest absolute Gasteiger partial charge is 0.459 e. The van der Waals surface area contributed by atoms with Crippen LogP contribution in [-0.2, 0) is 9.53 Å². The minimum atomic E-state index is -0.258. The summed E-state index contributed by atoms with van der Waals surface area (Å²) in [6.45, 7) is 10.9. The summed E-state index contributed by atoms with van der Waals surface area (Å²) in [5.74, 6) is -0.258. The number of hydrogen-bond acceptors (Lipinski definition) is 3. The predicted molar refractivity (Wildman–Crippen MR) is 95.2 cm³/mol. The van der Waals surface area contributed by atoms with Crippen molar-refractivity contribution in [2.24, 2.45) is 0 Å². The Morgan fingerprint density at radius 2 is 1.65 bits per heavy atom. The molecule has 126 valence electrons. The third kappa shape index (κ3) is 4.44. The zero-order valence-corrected chi connectivity index (χ0v) is 15.2. The molecule has 0 saturated carbocycles. The molecule has 1 aliphatic heterocycles. The van der Waals surface area contributed by atoms with Gasteiger partial charge in [0.05, 0.1) is 0 Å². The number of ether oxygens (including phenoxy) is 1. The van der Waals surface area contributed by atoms with Crippen LogP contribution in [0.4, 0.5) is 0 Å². The summed E-state index contributed by atoms with van der Waals surface area (Å²) in [5.41, 5.74) is 2.26. The van der Waals surface area contributed by atoms with Gasteiger partial charge in [-0.05, 0) is 53.3 Å². The zero-order chi connectivity index (χ0) is 17.3. The van der Waals surface area contributed by atoms with Gasteiger partial charge in [-0.1, -0.05) is 29.8 Å². The Morgan fingerprint density at radius 3 is 2.17 bits per heavy atom. The summed E-state index contributed by atoms with van der Waals surface area (Å²) in [4.78, 5) is 14.5. The number of nitrogens with zero attached hydrogens (tertiary/aromatic N) is 1. The Hall–Kier alpha value is -1.61. The van der Waals surface area contributed by atoms with E-state index in [0.29, 0.717) is 0 Å². The number of carbonyl (C=O) groups is 1. The van der Waals surface area contributed by atoms with Gasteiger partial charge in [0.2, 0.25) is 0 Å². The molecule has 2 rings (SSSR count). The van der Waals surface area contributed by atoms with Gasteiger partial charge in [-0.2, -0.15) is 0 Å². The number of aryl methyl sites for hydroxylation is 1. The summed E-state index contributed by atoms with van der Waals surface area (Å²) >= 11 is 0. The van der Waals surface area contributed by atoms with Crippen LogP contribution in [0.3, 0.4) is 0 Å². The van der Waals surface area contributed by atoms with Crippen LogP contribution in [0, 0.1) is 6.92 Å². The summed E-state index contributed by atoms with van der Waals surface area (Å²) in [5, 5.41) is 0. The second kappa shape index (κ2) is 6.48. The Labute approximate surface area is 140 Å². The number of hydrogen-bond donors (Lipinski definition) is 0. The fourth-order valence-electron chi connectivity index (χ4n) is 3.41. The minimum absolute atomic E-state index is 0.0212. The van der Waals surface area contributed by atoms with E-state index in [1.54, 1.807) is 0 Å². The third-order valence-electron chi connectivity index (χ3n) is 5.04. The van der Waals surface area contributed by atoms with E-state index in [2.05, 4.69) is 39.6 Å². The molecule has 1 aromatic rings. The highest BCUT2D eigenvalue weighted by molar-refractivity contribution is 5.87. The van der Waals surface area contributed by atoms with Crippen molar-refractivity contribution in [2.45, 2.75) is 64.6 Å². The maximum atomic E-state index is 12.1. The van der Waals surface area contributed by atoms with Crippen LogP contribution in [0.2, 0.25) is 0 Å². The fourth-order valence-corrected chi connectivity index (χ4v) is 3.41. The van der Waals surface area contributed by atoms with Gasteiger partial charge in [0.15, 0.2) is 0 Å². The van der Waals surface area contributed by atoms with Gasteiger partial charge < -0.3 is 4.74 Å². The maximum Gasteiger partial charge on any atom is 0.331 e. The summed E-state index contributed by atoms with van der Waals surface area (Å²) in [6, 6.07) is 8.07. The summed E-state index contributed by atoms with van der Waals surface area (Å²) in [6.07, 6.45) is 5.02. The molecule has 1 saturated heterocycles. The van der Waals surface area contributed by atoms with Crippen molar-refractivity contribution < 1.29 is 9.53 Å². The third-order valence-corrected chi connectivity index (χ3v) is 5.04. The van der Waals surface area contributed by atoms with Gasteiger partial charge in [-0.25, -0.2) is 4.79 Å². The highest BCUT2D eigenvalue weighted by Gasteiger charge is 2.44. The molecule has 0 unspecified atom stereocenters. The quantitative estimate of drug-likeness (QED) is 0.618. The van der Waals surface area contributed by atoms with E-state index in [9.17, 15) is 4.79 Å². The number of likely N-dealkylation sites (tertiary alicyclic amines) is 1.